The number of halogens is 2. The van der Waals surface area contributed by atoms with Crippen molar-refractivity contribution in [1.29, 1.82) is 0 Å². The molecule has 0 saturated carbocycles. The van der Waals surface area contributed by atoms with Crippen molar-refractivity contribution in [2.24, 2.45) is 0 Å². The summed E-state index contributed by atoms with van der Waals surface area (Å²) in [5.41, 5.74) is 6.72. The Bertz CT molecular complexity index is 2160. The van der Waals surface area contributed by atoms with E-state index in [1.807, 2.05) is 60.8 Å². The molecular formula is C38H37Cl2N7O3S. The van der Waals surface area contributed by atoms with Gasteiger partial charge in [-0.2, -0.15) is 0 Å². The van der Waals surface area contributed by atoms with Gasteiger partial charge in [-0.15, -0.1) is 11.3 Å². The maximum Gasteiger partial charge on any atom is 0.220 e. The van der Waals surface area contributed by atoms with E-state index >= 15 is 0 Å². The van der Waals surface area contributed by atoms with Gasteiger partial charge in [0.1, 0.15) is 10.5 Å². The third-order valence-electron chi connectivity index (χ3n) is 9.97. The minimum atomic E-state index is -0.0757. The molecule has 2 N–H and O–H groups in total. The number of pyridine rings is 2. The minimum Gasteiger partial charge on any atom is -0.481 e. The van der Waals surface area contributed by atoms with Crippen molar-refractivity contribution in [3.05, 3.63) is 92.7 Å². The molecule has 0 radical (unpaired) electrons. The molecule has 0 aliphatic carbocycles. The molecule has 6 heterocycles. The number of carbonyl (C=O) groups is 2. The van der Waals surface area contributed by atoms with Crippen molar-refractivity contribution >= 4 is 56.6 Å². The molecule has 2 aromatic carbocycles. The smallest absolute Gasteiger partial charge is 0.220 e. The maximum absolute atomic E-state index is 11.8. The lowest BCUT2D eigenvalue weighted by molar-refractivity contribution is -0.121. The number of aromatic nitrogens is 3. The molecule has 0 bridgehead atoms. The Balaban J connectivity index is 1.00. The summed E-state index contributed by atoms with van der Waals surface area (Å²) in [6.45, 7) is 6.28. The highest BCUT2D eigenvalue weighted by molar-refractivity contribution is 7.18. The van der Waals surface area contributed by atoms with E-state index in [1.165, 1.54) is 0 Å². The lowest BCUT2D eigenvalue weighted by atomic mass is 9.88. The SMILES string of the molecule is COc1nc(-c2cccc(-c3cccc(Cc4nccc5sc(CN6CC(NC(C)=O)C6)nc45)c3Cl)c2Cl)ccc1CN1CC2(CCC(=O)N2)C1. The molecule has 262 valence electrons. The van der Waals surface area contributed by atoms with Crippen LogP contribution in [0, 0.1) is 0 Å². The second-order valence-corrected chi connectivity index (χ2v) is 15.6. The summed E-state index contributed by atoms with van der Waals surface area (Å²) in [4.78, 5) is 42.3. The summed E-state index contributed by atoms with van der Waals surface area (Å²) in [6.07, 6.45) is 3.84. The topological polar surface area (TPSA) is 113 Å². The van der Waals surface area contributed by atoms with E-state index in [-0.39, 0.29) is 23.4 Å². The van der Waals surface area contributed by atoms with Crippen LogP contribution in [-0.2, 0) is 29.1 Å². The first kappa shape index (κ1) is 34.0. The number of methoxy groups -OCH3 is 1. The number of ether oxygens (including phenoxy) is 1. The van der Waals surface area contributed by atoms with Crippen LogP contribution in [0.2, 0.25) is 10.0 Å². The van der Waals surface area contributed by atoms with Crippen molar-refractivity contribution in [2.75, 3.05) is 33.3 Å². The van der Waals surface area contributed by atoms with Crippen LogP contribution in [0.5, 0.6) is 5.88 Å². The number of hydrogen-bond acceptors (Lipinski definition) is 9. The fourth-order valence-corrected chi connectivity index (χ4v) is 9.20. The van der Waals surface area contributed by atoms with Crippen LogP contribution in [-0.4, -0.2) is 81.4 Å². The van der Waals surface area contributed by atoms with Crippen LogP contribution in [0.15, 0.2) is 60.8 Å². The number of likely N-dealkylation sites (tertiary alicyclic amines) is 2. The van der Waals surface area contributed by atoms with Crippen molar-refractivity contribution in [3.63, 3.8) is 0 Å². The second-order valence-electron chi connectivity index (χ2n) is 13.8. The lowest BCUT2D eigenvalue weighted by Gasteiger charge is -2.48. The molecule has 1 spiro atoms. The number of fused-ring (bicyclic) bond motifs is 1. The Morgan fingerprint density at radius 2 is 1.75 bits per heavy atom. The fraction of sp³-hybridized carbons (Fsp3) is 0.342. The predicted molar refractivity (Wildman–Crippen MR) is 200 cm³/mol. The van der Waals surface area contributed by atoms with E-state index < -0.39 is 0 Å². The van der Waals surface area contributed by atoms with Gasteiger partial charge in [0.25, 0.3) is 0 Å². The van der Waals surface area contributed by atoms with E-state index in [1.54, 1.807) is 25.4 Å². The number of thiazole rings is 1. The zero-order valence-corrected chi connectivity index (χ0v) is 30.7. The monoisotopic (exact) mass is 741 g/mol. The average molecular weight is 743 g/mol. The number of carbonyl (C=O) groups excluding carboxylic acids is 2. The summed E-state index contributed by atoms with van der Waals surface area (Å²) >= 11 is 16.0. The van der Waals surface area contributed by atoms with Gasteiger partial charge in [0.15, 0.2) is 0 Å². The molecule has 5 aromatic rings. The zero-order chi connectivity index (χ0) is 35.3. The quantitative estimate of drug-likeness (QED) is 0.176. The standard InChI is InChI=1S/C38H37Cl2N7O3S/c1-22(48)42-25-17-46(18-25)19-33-44-36-30(41-14-12-31(36)51-33)15-23-5-3-6-26(34(23)39)27-7-4-8-28(35(27)40)29-10-9-24(37(43-29)50-2)16-47-20-38(21-47)13-11-32(49)45-38/h3-10,12,14,25H,11,13,15-21H2,1-2H3,(H,42,48)(H,45,49). The van der Waals surface area contributed by atoms with Crippen molar-refractivity contribution in [1.82, 2.24) is 35.4 Å². The van der Waals surface area contributed by atoms with Gasteiger partial charge >= 0.3 is 0 Å². The second kappa shape index (κ2) is 13.8. The highest BCUT2D eigenvalue weighted by Crippen LogP contribution is 2.41. The van der Waals surface area contributed by atoms with Crippen molar-refractivity contribution < 1.29 is 14.3 Å². The van der Waals surface area contributed by atoms with Crippen LogP contribution in [0.25, 0.3) is 32.6 Å². The molecule has 3 fully saturated rings. The predicted octanol–water partition coefficient (Wildman–Crippen LogP) is 6.11. The van der Waals surface area contributed by atoms with Crippen molar-refractivity contribution in [2.45, 2.75) is 50.9 Å². The molecule has 51 heavy (non-hydrogen) atoms. The minimum absolute atomic E-state index is 0.00520. The van der Waals surface area contributed by atoms with Crippen LogP contribution in [0.3, 0.4) is 0 Å². The summed E-state index contributed by atoms with van der Waals surface area (Å²) < 4.78 is 6.82. The van der Waals surface area contributed by atoms with Gasteiger partial charge in [-0.1, -0.05) is 65.7 Å². The summed E-state index contributed by atoms with van der Waals surface area (Å²) in [5, 5.41) is 8.30. The number of rotatable bonds is 10. The van der Waals surface area contributed by atoms with Gasteiger partial charge in [-0.05, 0) is 24.1 Å². The largest absolute Gasteiger partial charge is 0.481 e. The van der Waals surface area contributed by atoms with Gasteiger partial charge in [0.2, 0.25) is 17.7 Å². The third kappa shape index (κ3) is 6.81. The third-order valence-corrected chi connectivity index (χ3v) is 11.8. The molecule has 10 nitrogen and oxygen atoms in total. The van der Waals surface area contributed by atoms with E-state index in [0.717, 1.165) is 87.9 Å². The molecule has 8 rings (SSSR count). The number of nitrogens with zero attached hydrogens (tertiary/aromatic N) is 5. The molecule has 3 aliphatic heterocycles. The Morgan fingerprint density at radius 1 is 0.980 bits per heavy atom. The number of nitrogens with one attached hydrogen (secondary N) is 2. The van der Waals surface area contributed by atoms with Crippen LogP contribution >= 0.6 is 34.5 Å². The van der Waals surface area contributed by atoms with E-state index in [2.05, 4.69) is 20.4 Å². The molecule has 3 saturated heterocycles. The van der Waals surface area contributed by atoms with Crippen LogP contribution in [0.1, 0.15) is 41.6 Å². The lowest BCUT2D eigenvalue weighted by Crippen LogP contribution is -2.66. The van der Waals surface area contributed by atoms with E-state index in [9.17, 15) is 9.59 Å². The maximum atomic E-state index is 11.8. The van der Waals surface area contributed by atoms with Gasteiger partial charge in [-0.3, -0.25) is 24.4 Å². The Labute approximate surface area is 310 Å². The summed E-state index contributed by atoms with van der Waals surface area (Å²) in [5.74, 6) is 0.699. The van der Waals surface area contributed by atoms with Crippen LogP contribution in [0.4, 0.5) is 0 Å². The van der Waals surface area contributed by atoms with Gasteiger partial charge in [0, 0.05) is 80.9 Å². The zero-order valence-electron chi connectivity index (χ0n) is 28.3. The molecule has 2 amide bonds. The Morgan fingerprint density at radius 3 is 2.49 bits per heavy atom. The Kier molecular flexibility index (Phi) is 9.18. The van der Waals surface area contributed by atoms with E-state index in [0.29, 0.717) is 41.0 Å². The van der Waals surface area contributed by atoms with Crippen LogP contribution < -0.4 is 15.4 Å². The molecule has 3 aliphatic rings. The van der Waals surface area contributed by atoms with Gasteiger partial charge in [-0.25, -0.2) is 9.97 Å². The first-order chi connectivity index (χ1) is 24.7. The number of hydrogen-bond donors (Lipinski definition) is 2. The highest BCUT2D eigenvalue weighted by atomic mass is 35.5. The van der Waals surface area contributed by atoms with E-state index in [4.69, 9.17) is 42.9 Å². The first-order valence-electron chi connectivity index (χ1n) is 17.0. The normalized spacial score (nSPS) is 17.4. The molecule has 0 atom stereocenters. The molecule has 0 unspecified atom stereocenters. The molecule has 3 aromatic heterocycles. The number of amides is 2. The highest BCUT2D eigenvalue weighted by Gasteiger charge is 2.47. The average Bonchev–Trinajstić information content (AvgIpc) is 3.68. The first-order valence-corrected chi connectivity index (χ1v) is 18.6. The van der Waals surface area contributed by atoms with Crippen molar-refractivity contribution in [3.8, 4) is 28.3 Å². The summed E-state index contributed by atoms with van der Waals surface area (Å²) in [7, 11) is 1.63. The van der Waals surface area contributed by atoms with Gasteiger partial charge in [0.05, 0.1) is 51.4 Å². The van der Waals surface area contributed by atoms with Gasteiger partial charge < -0.3 is 15.4 Å². The molecule has 13 heteroatoms. The fourth-order valence-electron chi connectivity index (χ4n) is 7.55. The Hall–Kier alpha value is -4.13. The summed E-state index contributed by atoms with van der Waals surface area (Å²) in [6, 6.07) is 18.1. The number of benzene rings is 2. The molecular weight excluding hydrogens is 705 g/mol.